The van der Waals surface area contributed by atoms with Gasteiger partial charge >= 0.3 is 5.97 Å². The van der Waals surface area contributed by atoms with Gasteiger partial charge in [-0.1, -0.05) is 17.7 Å². The molecule has 2 aliphatic rings. The summed E-state index contributed by atoms with van der Waals surface area (Å²) in [5.74, 6) is 0.0304. The molecule has 1 aliphatic carbocycles. The third-order valence-electron chi connectivity index (χ3n) is 5.65. The summed E-state index contributed by atoms with van der Waals surface area (Å²) in [6.45, 7) is 0. The van der Waals surface area contributed by atoms with Crippen molar-refractivity contribution in [1.29, 1.82) is 0 Å². The minimum absolute atomic E-state index is 0.105. The molecule has 2 atom stereocenters. The fourth-order valence-corrected chi connectivity index (χ4v) is 4.45. The lowest BCUT2D eigenvalue weighted by molar-refractivity contribution is 0.0696. The van der Waals surface area contributed by atoms with Crippen LogP contribution in [0.25, 0.3) is 0 Å². The number of halogens is 1. The van der Waals surface area contributed by atoms with Gasteiger partial charge in [0.2, 0.25) is 0 Å². The van der Waals surface area contributed by atoms with Gasteiger partial charge in [-0.2, -0.15) is 5.10 Å². The van der Waals surface area contributed by atoms with Crippen LogP contribution in [0.2, 0.25) is 5.02 Å². The van der Waals surface area contributed by atoms with Gasteiger partial charge in [0.05, 0.1) is 33.9 Å². The maximum absolute atomic E-state index is 11.3. The van der Waals surface area contributed by atoms with E-state index in [0.717, 1.165) is 41.1 Å². The highest BCUT2D eigenvalue weighted by Crippen LogP contribution is 2.46. The molecule has 0 fully saturated rings. The number of fused-ring (bicyclic) bond motifs is 3. The van der Waals surface area contributed by atoms with E-state index in [4.69, 9.17) is 26.9 Å². The smallest absolute Gasteiger partial charge is 0.335 e. The molecule has 6 nitrogen and oxygen atoms in total. The summed E-state index contributed by atoms with van der Waals surface area (Å²) in [7, 11) is 0. The largest absolute Gasteiger partial charge is 0.478 e. The monoisotopic (exact) mass is 407 g/mol. The van der Waals surface area contributed by atoms with Crippen LogP contribution in [0.5, 0.6) is 0 Å². The summed E-state index contributed by atoms with van der Waals surface area (Å²) < 4.78 is 5.76. The van der Waals surface area contributed by atoms with Crippen LogP contribution in [-0.4, -0.2) is 16.8 Å². The van der Waals surface area contributed by atoms with Crippen LogP contribution in [0.4, 0.5) is 11.4 Å². The predicted molar refractivity (Wildman–Crippen MR) is 112 cm³/mol. The second-order valence-corrected chi connectivity index (χ2v) is 7.73. The van der Waals surface area contributed by atoms with Gasteiger partial charge < -0.3 is 15.3 Å². The minimum atomic E-state index is -0.921. The first-order chi connectivity index (χ1) is 14.0. The number of aromatic carboxylic acids is 1. The molecule has 1 aromatic heterocycles. The Morgan fingerprint density at radius 3 is 2.83 bits per heavy atom. The van der Waals surface area contributed by atoms with Crippen molar-refractivity contribution in [3.8, 4) is 0 Å². The molecule has 0 unspecified atom stereocenters. The van der Waals surface area contributed by atoms with Crippen LogP contribution in [-0.2, 0) is 6.42 Å². The van der Waals surface area contributed by atoms with Gasteiger partial charge in [-0.3, -0.25) is 5.01 Å². The molecule has 3 N–H and O–H groups in total. The fourth-order valence-electron chi connectivity index (χ4n) is 4.27. The summed E-state index contributed by atoms with van der Waals surface area (Å²) in [5, 5.41) is 16.7. The number of nitrogens with zero attached hydrogens (tertiary/aromatic N) is 2. The zero-order chi connectivity index (χ0) is 20.1. The average molecular weight is 408 g/mol. The topological polar surface area (TPSA) is 92.1 Å². The molecule has 5 rings (SSSR count). The SMILES string of the molecule is Nc1ccc(N2N=C3c4ccc(C(=O)O)cc4CC[C@H]3[C@H]2c2ccco2)cc1Cl. The van der Waals surface area contributed by atoms with Crippen molar-refractivity contribution in [3.05, 3.63) is 82.3 Å². The highest BCUT2D eigenvalue weighted by molar-refractivity contribution is 6.33. The standard InChI is InChI=1S/C22H18ClN3O3/c23-17-11-14(5-8-18(17)24)26-21(19-2-1-9-29-19)16-7-3-12-10-13(22(27)28)4-6-15(12)20(16)25-26/h1-2,4-6,8-11,16,21H,3,7,24H2,(H,27,28)/t16-,21+/m1/s1. The number of benzene rings is 2. The number of nitrogens with two attached hydrogens (primary N) is 1. The number of hydrogen-bond donors (Lipinski definition) is 2. The molecular formula is C22H18ClN3O3. The van der Waals surface area contributed by atoms with E-state index in [-0.39, 0.29) is 12.0 Å². The summed E-state index contributed by atoms with van der Waals surface area (Å²) in [6, 6.07) is 14.4. The molecule has 0 amide bonds. The summed E-state index contributed by atoms with van der Waals surface area (Å²) in [5.41, 5.74) is 10.5. The predicted octanol–water partition coefficient (Wildman–Crippen LogP) is 4.74. The van der Waals surface area contributed by atoms with Crippen molar-refractivity contribution < 1.29 is 14.3 Å². The molecule has 29 heavy (non-hydrogen) atoms. The first kappa shape index (κ1) is 17.8. The zero-order valence-corrected chi connectivity index (χ0v) is 16.1. The van der Waals surface area contributed by atoms with Gasteiger partial charge in [0.1, 0.15) is 11.8 Å². The maximum atomic E-state index is 11.3. The van der Waals surface area contributed by atoms with Crippen molar-refractivity contribution in [2.75, 3.05) is 10.7 Å². The Kier molecular flexibility index (Phi) is 4.10. The molecule has 0 radical (unpaired) electrons. The second-order valence-electron chi connectivity index (χ2n) is 7.32. The molecule has 0 spiro atoms. The number of carboxylic acids is 1. The Hall–Kier alpha value is -3.25. The van der Waals surface area contributed by atoms with Gasteiger partial charge in [0.15, 0.2) is 0 Å². The average Bonchev–Trinajstić information content (AvgIpc) is 3.36. The lowest BCUT2D eigenvalue weighted by atomic mass is 9.78. The highest BCUT2D eigenvalue weighted by Gasteiger charge is 2.43. The number of anilines is 2. The van der Waals surface area contributed by atoms with E-state index in [1.807, 2.05) is 35.3 Å². The van der Waals surface area contributed by atoms with Crippen molar-refractivity contribution in [3.63, 3.8) is 0 Å². The van der Waals surface area contributed by atoms with Crippen LogP contribution in [0.3, 0.4) is 0 Å². The van der Waals surface area contributed by atoms with Crippen LogP contribution in [0.1, 0.15) is 39.7 Å². The number of rotatable bonds is 3. The fraction of sp³-hybridized carbons (Fsp3) is 0.182. The minimum Gasteiger partial charge on any atom is -0.478 e. The number of aryl methyl sites for hydroxylation is 1. The number of furan rings is 1. The van der Waals surface area contributed by atoms with Gasteiger partial charge in [-0.25, -0.2) is 4.79 Å². The van der Waals surface area contributed by atoms with Crippen LogP contribution in [0, 0.1) is 5.92 Å². The quantitative estimate of drug-likeness (QED) is 0.611. The first-order valence-corrected chi connectivity index (χ1v) is 9.73. The summed E-state index contributed by atoms with van der Waals surface area (Å²) >= 11 is 6.27. The van der Waals surface area contributed by atoms with E-state index < -0.39 is 5.97 Å². The third-order valence-corrected chi connectivity index (χ3v) is 5.97. The number of carbonyl (C=O) groups is 1. The van der Waals surface area contributed by atoms with Gasteiger partial charge in [-0.15, -0.1) is 0 Å². The van der Waals surface area contributed by atoms with Crippen molar-refractivity contribution in [1.82, 2.24) is 0 Å². The Labute approximate surface area is 172 Å². The molecule has 1 aliphatic heterocycles. The summed E-state index contributed by atoms with van der Waals surface area (Å²) in [6.07, 6.45) is 3.30. The first-order valence-electron chi connectivity index (χ1n) is 9.35. The van der Waals surface area contributed by atoms with Gasteiger partial charge in [0, 0.05) is 11.5 Å². The normalized spacial score (nSPS) is 20.2. The van der Waals surface area contributed by atoms with Crippen molar-refractivity contribution in [2.24, 2.45) is 11.0 Å². The van der Waals surface area contributed by atoms with E-state index in [1.54, 1.807) is 24.5 Å². The summed E-state index contributed by atoms with van der Waals surface area (Å²) in [4.78, 5) is 11.3. The second kappa shape index (κ2) is 6.67. The van der Waals surface area contributed by atoms with E-state index in [0.29, 0.717) is 16.3 Å². The molecule has 0 saturated carbocycles. The molecule has 2 aromatic carbocycles. The van der Waals surface area contributed by atoms with Gasteiger partial charge in [-0.05, 0) is 60.9 Å². The van der Waals surface area contributed by atoms with Crippen LogP contribution >= 0.6 is 11.6 Å². The number of carboxylic acid groups (broad SMARTS) is 1. The highest BCUT2D eigenvalue weighted by atomic mass is 35.5. The third kappa shape index (κ3) is 2.87. The Balaban J connectivity index is 1.63. The van der Waals surface area contributed by atoms with Crippen LogP contribution < -0.4 is 10.7 Å². The van der Waals surface area contributed by atoms with Gasteiger partial charge in [0.25, 0.3) is 0 Å². The molecular weight excluding hydrogens is 390 g/mol. The molecule has 3 aromatic rings. The van der Waals surface area contributed by atoms with E-state index in [1.165, 1.54) is 0 Å². The van der Waals surface area contributed by atoms with E-state index >= 15 is 0 Å². The lowest BCUT2D eigenvalue weighted by Crippen LogP contribution is -2.28. The van der Waals surface area contributed by atoms with E-state index in [9.17, 15) is 9.90 Å². The Bertz CT molecular complexity index is 1140. The maximum Gasteiger partial charge on any atom is 0.335 e. The zero-order valence-electron chi connectivity index (χ0n) is 15.4. The molecule has 0 bridgehead atoms. The lowest BCUT2D eigenvalue weighted by Gasteiger charge is -2.29. The molecule has 146 valence electrons. The number of hydrogen-bond acceptors (Lipinski definition) is 5. The van der Waals surface area contributed by atoms with Crippen molar-refractivity contribution in [2.45, 2.75) is 18.9 Å². The van der Waals surface area contributed by atoms with Crippen LogP contribution in [0.15, 0.2) is 64.3 Å². The number of nitrogen functional groups attached to an aromatic ring is 1. The Morgan fingerprint density at radius 2 is 2.10 bits per heavy atom. The van der Waals surface area contributed by atoms with E-state index in [2.05, 4.69) is 0 Å². The van der Waals surface area contributed by atoms with Crippen molar-refractivity contribution >= 4 is 34.7 Å². The molecule has 7 heteroatoms. The Morgan fingerprint density at radius 1 is 1.24 bits per heavy atom. The number of hydrazone groups is 1. The molecule has 0 saturated heterocycles. The molecule has 2 heterocycles.